The third-order valence-electron chi connectivity index (χ3n) is 10.7. The van der Waals surface area contributed by atoms with Crippen molar-refractivity contribution in [2.45, 2.75) is 12.8 Å². The third kappa shape index (κ3) is 6.55. The smallest absolute Gasteiger partial charge is 0.00931 e. The zero-order chi connectivity index (χ0) is 36.1. The second-order valence-corrected chi connectivity index (χ2v) is 13.9. The molecule has 0 aliphatic heterocycles. The van der Waals surface area contributed by atoms with E-state index in [4.69, 9.17) is 0 Å². The number of hydrogen-bond donors (Lipinski definition) is 0. The lowest BCUT2D eigenvalue weighted by molar-refractivity contribution is 1.08. The second kappa shape index (κ2) is 15.1. The van der Waals surface area contributed by atoms with Gasteiger partial charge in [-0.15, -0.1) is 0 Å². The van der Waals surface area contributed by atoms with Crippen LogP contribution in [0.3, 0.4) is 0 Å². The molecule has 0 amide bonds. The molecule has 9 rings (SSSR count). The molecule has 0 saturated carbocycles. The number of hydrogen-bond acceptors (Lipinski definition) is 0. The van der Waals surface area contributed by atoms with Gasteiger partial charge in [0.05, 0.1) is 0 Å². The highest BCUT2D eigenvalue weighted by molar-refractivity contribution is 6.05. The Morgan fingerprint density at radius 3 is 1.52 bits per heavy atom. The van der Waals surface area contributed by atoms with Gasteiger partial charge in [0.15, 0.2) is 0 Å². The zero-order valence-corrected chi connectivity index (χ0v) is 30.2. The van der Waals surface area contributed by atoms with Crippen molar-refractivity contribution in [3.63, 3.8) is 0 Å². The molecule has 0 nitrogen and oxygen atoms in total. The summed E-state index contributed by atoms with van der Waals surface area (Å²) in [6.07, 6.45) is 4.37. The molecule has 8 aromatic rings. The Hall–Kier alpha value is -6.76. The monoisotopic (exact) mass is 688 g/mol. The van der Waals surface area contributed by atoms with Crippen LogP contribution in [0.1, 0.15) is 18.4 Å². The van der Waals surface area contributed by atoms with Gasteiger partial charge in [-0.05, 0) is 106 Å². The van der Waals surface area contributed by atoms with Gasteiger partial charge >= 0.3 is 0 Å². The number of fused-ring (bicyclic) bond motifs is 4. The summed E-state index contributed by atoms with van der Waals surface area (Å²) >= 11 is 0. The average molecular weight is 689 g/mol. The van der Waals surface area contributed by atoms with E-state index in [1.807, 2.05) is 0 Å². The molecule has 0 unspecified atom stereocenters. The van der Waals surface area contributed by atoms with Crippen LogP contribution in [-0.4, -0.2) is 0 Å². The van der Waals surface area contributed by atoms with Crippen molar-refractivity contribution in [3.8, 4) is 33.4 Å². The number of rotatable bonds is 4. The minimum absolute atomic E-state index is 0.974. The molecule has 0 heterocycles. The summed E-state index contributed by atoms with van der Waals surface area (Å²) in [5.74, 6) is 0. The van der Waals surface area contributed by atoms with Gasteiger partial charge in [-0.1, -0.05) is 212 Å². The maximum Gasteiger partial charge on any atom is -0.00931 e. The predicted octanol–water partition coefficient (Wildman–Crippen LogP) is 13.2. The normalized spacial score (nSPS) is 12.0. The fourth-order valence-electron chi connectivity index (χ4n) is 8.09. The summed E-state index contributed by atoms with van der Waals surface area (Å²) in [5, 5.41) is 10.1. The summed E-state index contributed by atoms with van der Waals surface area (Å²) in [6.45, 7) is 0. The summed E-state index contributed by atoms with van der Waals surface area (Å²) in [5.41, 5.74) is 9.80. The van der Waals surface area contributed by atoms with Crippen LogP contribution in [0.25, 0.3) is 77.3 Å². The van der Waals surface area contributed by atoms with E-state index in [2.05, 4.69) is 218 Å². The maximum absolute atomic E-state index is 2.43. The summed E-state index contributed by atoms with van der Waals surface area (Å²) in [7, 11) is 0. The number of benzene rings is 6. The highest BCUT2D eigenvalue weighted by Crippen LogP contribution is 2.37. The zero-order valence-electron chi connectivity index (χ0n) is 30.2. The standard InChI is InChI=1S/C54H40/c1-2-4-6-18-39(19-7-5-3-1)49-31-16-26-43(47-30-14-23-40-20-8-11-27-45(40)47)34-36-52(51-33-17-25-42-22-10-13-29-48(42)51)53-37-35-44(38-54(49)53)50-32-15-24-41-21-9-12-28-46(41)50/h1-16,18-32,34-38H,17,33H2. The van der Waals surface area contributed by atoms with Gasteiger partial charge in [0.2, 0.25) is 0 Å². The molecular formula is C54H40. The fraction of sp³-hybridized carbons (Fsp3) is 0.0370. The van der Waals surface area contributed by atoms with E-state index in [1.165, 1.54) is 81.7 Å². The quantitative estimate of drug-likeness (QED) is 0.173. The maximum atomic E-state index is 2.43. The minimum Gasteiger partial charge on any atom is -0.0763 e. The highest BCUT2D eigenvalue weighted by Gasteiger charge is 2.14. The van der Waals surface area contributed by atoms with E-state index in [1.54, 1.807) is 0 Å². The summed E-state index contributed by atoms with van der Waals surface area (Å²) in [6, 6.07) is 77.4. The van der Waals surface area contributed by atoms with Crippen LogP contribution in [0.15, 0.2) is 212 Å². The van der Waals surface area contributed by atoms with Crippen LogP contribution >= 0.6 is 0 Å². The van der Waals surface area contributed by atoms with Crippen LogP contribution in [0, 0.1) is 0 Å². The first kappa shape index (κ1) is 33.1. The van der Waals surface area contributed by atoms with E-state index >= 15 is 0 Å². The first-order chi connectivity index (χ1) is 26.8. The van der Waals surface area contributed by atoms with E-state index in [9.17, 15) is 0 Å². The van der Waals surface area contributed by atoms with Crippen molar-refractivity contribution < 1.29 is 0 Å². The molecule has 8 aromatic carbocycles. The largest absolute Gasteiger partial charge is 0.0763 e. The minimum atomic E-state index is 0.974. The molecule has 0 fully saturated rings. The van der Waals surface area contributed by atoms with Crippen molar-refractivity contribution in [1.29, 1.82) is 0 Å². The molecule has 0 N–H and O–H groups in total. The molecule has 1 aliphatic rings. The SMILES string of the molecule is C1=c2ccccc2=C(c2ccc(-c3cccc4ccccc34)cccc(-c3ccccccccc3)c3cc(-c4cccc5ccccc45)ccc23)CC1. The van der Waals surface area contributed by atoms with Crippen molar-refractivity contribution in [2.75, 3.05) is 0 Å². The van der Waals surface area contributed by atoms with Gasteiger partial charge in [-0.25, -0.2) is 0 Å². The van der Waals surface area contributed by atoms with Gasteiger partial charge in [0.1, 0.15) is 0 Å². The Kier molecular flexibility index (Phi) is 9.24. The molecule has 0 aromatic heterocycles. The van der Waals surface area contributed by atoms with Gasteiger partial charge in [0, 0.05) is 0 Å². The van der Waals surface area contributed by atoms with Gasteiger partial charge in [-0.3, -0.25) is 0 Å². The molecule has 0 bridgehead atoms. The fourth-order valence-corrected chi connectivity index (χ4v) is 8.09. The molecule has 0 spiro atoms. The Balaban J connectivity index is 1.45. The van der Waals surface area contributed by atoms with E-state index < -0.39 is 0 Å². The lowest BCUT2D eigenvalue weighted by Crippen LogP contribution is -2.29. The highest BCUT2D eigenvalue weighted by atomic mass is 14.2. The van der Waals surface area contributed by atoms with Crippen molar-refractivity contribution in [2.24, 2.45) is 0 Å². The van der Waals surface area contributed by atoms with Crippen LogP contribution in [-0.2, 0) is 0 Å². The van der Waals surface area contributed by atoms with E-state index in [-0.39, 0.29) is 0 Å². The molecule has 0 radical (unpaired) electrons. The van der Waals surface area contributed by atoms with Gasteiger partial charge in [-0.2, -0.15) is 0 Å². The van der Waals surface area contributed by atoms with Crippen LogP contribution in [0.4, 0.5) is 0 Å². The van der Waals surface area contributed by atoms with Gasteiger partial charge in [0.25, 0.3) is 0 Å². The molecule has 0 saturated heterocycles. The average Bonchev–Trinajstić information content (AvgIpc) is 3.23. The van der Waals surface area contributed by atoms with E-state index in [0.29, 0.717) is 0 Å². The summed E-state index contributed by atoms with van der Waals surface area (Å²) < 4.78 is 0. The Bertz CT molecular complexity index is 2910. The molecular weight excluding hydrogens is 649 g/mol. The lowest BCUT2D eigenvalue weighted by atomic mass is 9.88. The molecule has 0 heteroatoms. The van der Waals surface area contributed by atoms with Crippen molar-refractivity contribution in [1.82, 2.24) is 0 Å². The first-order valence-electron chi connectivity index (χ1n) is 18.9. The molecule has 0 atom stereocenters. The summed E-state index contributed by atoms with van der Waals surface area (Å²) in [4.78, 5) is 0. The van der Waals surface area contributed by atoms with Gasteiger partial charge < -0.3 is 0 Å². The van der Waals surface area contributed by atoms with Crippen LogP contribution < -0.4 is 10.4 Å². The molecule has 1 aliphatic carbocycles. The Morgan fingerprint density at radius 2 is 0.796 bits per heavy atom. The van der Waals surface area contributed by atoms with Crippen molar-refractivity contribution >= 4 is 44.0 Å². The van der Waals surface area contributed by atoms with Crippen molar-refractivity contribution in [3.05, 3.63) is 228 Å². The van der Waals surface area contributed by atoms with Crippen LogP contribution in [0.2, 0.25) is 0 Å². The Labute approximate surface area is 317 Å². The lowest BCUT2D eigenvalue weighted by Gasteiger charge is -2.16. The molecule has 256 valence electrons. The predicted molar refractivity (Wildman–Crippen MR) is 232 cm³/mol. The van der Waals surface area contributed by atoms with E-state index in [0.717, 1.165) is 18.4 Å². The molecule has 54 heavy (non-hydrogen) atoms. The topological polar surface area (TPSA) is 0 Å². The Morgan fingerprint density at radius 1 is 0.296 bits per heavy atom. The first-order valence-corrected chi connectivity index (χ1v) is 18.9. The van der Waals surface area contributed by atoms with Crippen LogP contribution in [0.5, 0.6) is 0 Å². The third-order valence-corrected chi connectivity index (χ3v) is 10.7. The second-order valence-electron chi connectivity index (χ2n) is 13.9.